The first kappa shape index (κ1) is 25.4. The summed E-state index contributed by atoms with van der Waals surface area (Å²) >= 11 is 0. The van der Waals surface area contributed by atoms with Crippen LogP contribution in [0.3, 0.4) is 0 Å². The summed E-state index contributed by atoms with van der Waals surface area (Å²) in [4.78, 5) is 19.7. The Morgan fingerprint density at radius 2 is 1.12 bits per heavy atom. The standard InChI is InChI=1S/C30H39N3O/c1-8-9-10-29(34)28-21-26(33(6)7)19-20-27(28)30(22-11-15-24(16-12-22)31(2)3)23-13-17-25(18-14-23)32(4)5/h11-21,30H,8-10H2,1-7H3. The summed E-state index contributed by atoms with van der Waals surface area (Å²) in [7, 11) is 12.3. The van der Waals surface area contributed by atoms with Gasteiger partial charge in [-0.25, -0.2) is 0 Å². The molecule has 0 saturated carbocycles. The lowest BCUT2D eigenvalue weighted by Gasteiger charge is -2.25. The van der Waals surface area contributed by atoms with E-state index in [9.17, 15) is 4.79 Å². The highest BCUT2D eigenvalue weighted by Crippen LogP contribution is 2.37. The Morgan fingerprint density at radius 3 is 1.53 bits per heavy atom. The number of Topliss-reactive ketones (excluding diaryl/α,β-unsaturated/α-hetero) is 1. The van der Waals surface area contributed by atoms with Gasteiger partial charge in [-0.05, 0) is 59.5 Å². The van der Waals surface area contributed by atoms with E-state index in [2.05, 4.69) is 117 Å². The van der Waals surface area contributed by atoms with Crippen molar-refractivity contribution in [3.63, 3.8) is 0 Å². The van der Waals surface area contributed by atoms with Crippen LogP contribution in [0.1, 0.15) is 59.2 Å². The number of rotatable bonds is 10. The molecule has 3 aromatic carbocycles. The van der Waals surface area contributed by atoms with Crippen LogP contribution in [0.2, 0.25) is 0 Å². The molecule has 34 heavy (non-hydrogen) atoms. The maximum Gasteiger partial charge on any atom is 0.163 e. The molecule has 0 aliphatic carbocycles. The molecular formula is C30H39N3O. The van der Waals surface area contributed by atoms with Crippen LogP contribution in [0, 0.1) is 0 Å². The van der Waals surface area contributed by atoms with Crippen molar-refractivity contribution in [1.29, 1.82) is 0 Å². The molecule has 0 bridgehead atoms. The summed E-state index contributed by atoms with van der Waals surface area (Å²) in [5.74, 6) is 0.199. The first-order valence-corrected chi connectivity index (χ1v) is 12.1. The molecule has 0 aromatic heterocycles. The summed E-state index contributed by atoms with van der Waals surface area (Å²) in [5, 5.41) is 0. The maximum atomic E-state index is 13.4. The fourth-order valence-electron chi connectivity index (χ4n) is 4.27. The number of carbonyl (C=O) groups is 1. The first-order valence-electron chi connectivity index (χ1n) is 12.1. The number of carbonyl (C=O) groups excluding carboxylic acids is 1. The molecule has 4 nitrogen and oxygen atoms in total. The fourth-order valence-corrected chi connectivity index (χ4v) is 4.27. The number of hydrogen-bond donors (Lipinski definition) is 0. The Kier molecular flexibility index (Phi) is 8.38. The lowest BCUT2D eigenvalue weighted by Crippen LogP contribution is -2.15. The number of benzene rings is 3. The van der Waals surface area contributed by atoms with Gasteiger partial charge in [0.2, 0.25) is 0 Å². The third kappa shape index (κ3) is 5.80. The Morgan fingerprint density at radius 1 is 0.676 bits per heavy atom. The highest BCUT2D eigenvalue weighted by atomic mass is 16.1. The second-order valence-electron chi connectivity index (χ2n) is 9.60. The van der Waals surface area contributed by atoms with Gasteiger partial charge in [0.1, 0.15) is 0 Å². The zero-order valence-electron chi connectivity index (χ0n) is 21.8. The van der Waals surface area contributed by atoms with Gasteiger partial charge in [-0.15, -0.1) is 0 Å². The second kappa shape index (κ2) is 11.2. The summed E-state index contributed by atoms with van der Waals surface area (Å²) in [5.41, 5.74) is 7.64. The summed E-state index contributed by atoms with van der Waals surface area (Å²) < 4.78 is 0. The van der Waals surface area contributed by atoms with E-state index in [1.807, 2.05) is 14.1 Å². The van der Waals surface area contributed by atoms with E-state index < -0.39 is 0 Å². The second-order valence-corrected chi connectivity index (χ2v) is 9.60. The van der Waals surface area contributed by atoms with Gasteiger partial charge in [0.15, 0.2) is 5.78 Å². The van der Waals surface area contributed by atoms with Crippen LogP contribution in [0.4, 0.5) is 17.1 Å². The monoisotopic (exact) mass is 457 g/mol. The van der Waals surface area contributed by atoms with Gasteiger partial charge < -0.3 is 14.7 Å². The van der Waals surface area contributed by atoms with Crippen molar-refractivity contribution >= 4 is 22.8 Å². The number of unbranched alkanes of at least 4 members (excludes halogenated alkanes) is 1. The van der Waals surface area contributed by atoms with Crippen LogP contribution in [0.5, 0.6) is 0 Å². The Labute approximate surface area is 205 Å². The molecule has 0 spiro atoms. The van der Waals surface area contributed by atoms with E-state index in [1.54, 1.807) is 0 Å². The SMILES string of the molecule is CCCCC(=O)c1cc(N(C)C)ccc1C(c1ccc(N(C)C)cc1)c1ccc(N(C)C)cc1. The molecule has 3 rings (SSSR count). The van der Waals surface area contributed by atoms with Gasteiger partial charge >= 0.3 is 0 Å². The molecular weight excluding hydrogens is 418 g/mol. The highest BCUT2D eigenvalue weighted by molar-refractivity contribution is 5.99. The zero-order chi connectivity index (χ0) is 24.8. The van der Waals surface area contributed by atoms with Crippen molar-refractivity contribution in [2.24, 2.45) is 0 Å². The molecule has 0 radical (unpaired) electrons. The Balaban J connectivity index is 2.19. The highest BCUT2D eigenvalue weighted by Gasteiger charge is 2.23. The molecule has 0 N–H and O–H groups in total. The molecule has 0 unspecified atom stereocenters. The molecule has 3 aromatic rings. The minimum Gasteiger partial charge on any atom is -0.378 e. The normalized spacial score (nSPS) is 10.9. The van der Waals surface area contributed by atoms with Crippen molar-refractivity contribution in [2.75, 3.05) is 57.0 Å². The van der Waals surface area contributed by atoms with Crippen LogP contribution in [-0.2, 0) is 0 Å². The maximum absolute atomic E-state index is 13.4. The Hall–Kier alpha value is -3.27. The van der Waals surface area contributed by atoms with Crippen molar-refractivity contribution in [3.8, 4) is 0 Å². The molecule has 0 aliphatic heterocycles. The average molecular weight is 458 g/mol. The fraction of sp³-hybridized carbons (Fsp3) is 0.367. The van der Waals surface area contributed by atoms with Gasteiger partial charge in [-0.2, -0.15) is 0 Å². The average Bonchev–Trinajstić information content (AvgIpc) is 2.83. The minimum atomic E-state index is -0.0239. The van der Waals surface area contributed by atoms with Crippen LogP contribution < -0.4 is 14.7 Å². The zero-order valence-corrected chi connectivity index (χ0v) is 21.8. The van der Waals surface area contributed by atoms with Crippen LogP contribution in [0.25, 0.3) is 0 Å². The van der Waals surface area contributed by atoms with Crippen molar-refractivity contribution in [1.82, 2.24) is 0 Å². The van der Waals surface area contributed by atoms with Crippen molar-refractivity contribution in [2.45, 2.75) is 32.1 Å². The third-order valence-electron chi connectivity index (χ3n) is 6.41. The minimum absolute atomic E-state index is 0.0239. The van der Waals surface area contributed by atoms with E-state index in [4.69, 9.17) is 0 Å². The Bertz CT molecular complexity index is 1030. The topological polar surface area (TPSA) is 26.8 Å². The predicted octanol–water partition coefficient (Wildman–Crippen LogP) is 6.44. The number of ketones is 1. The molecule has 0 saturated heterocycles. The smallest absolute Gasteiger partial charge is 0.163 e. The predicted molar refractivity (Wildman–Crippen MR) is 147 cm³/mol. The molecule has 180 valence electrons. The van der Waals surface area contributed by atoms with Crippen LogP contribution in [-0.4, -0.2) is 48.1 Å². The van der Waals surface area contributed by atoms with Crippen LogP contribution in [0.15, 0.2) is 66.7 Å². The number of nitrogens with zero attached hydrogens (tertiary/aromatic N) is 3. The van der Waals surface area contributed by atoms with Gasteiger partial charge in [0.05, 0.1) is 0 Å². The molecule has 0 heterocycles. The number of anilines is 3. The number of hydrogen-bond acceptors (Lipinski definition) is 4. The van der Waals surface area contributed by atoms with E-state index in [0.29, 0.717) is 6.42 Å². The molecule has 0 atom stereocenters. The molecule has 4 heteroatoms. The van der Waals surface area contributed by atoms with Crippen molar-refractivity contribution in [3.05, 3.63) is 89.0 Å². The lowest BCUT2D eigenvalue weighted by atomic mass is 9.81. The van der Waals surface area contributed by atoms with Crippen molar-refractivity contribution < 1.29 is 4.79 Å². The molecule has 0 amide bonds. The summed E-state index contributed by atoms with van der Waals surface area (Å²) in [6.07, 6.45) is 2.49. The lowest BCUT2D eigenvalue weighted by molar-refractivity contribution is 0.0979. The molecule has 0 aliphatic rings. The van der Waals surface area contributed by atoms with Gasteiger partial charge in [0, 0.05) is 77.3 Å². The van der Waals surface area contributed by atoms with E-state index in [-0.39, 0.29) is 11.7 Å². The third-order valence-corrected chi connectivity index (χ3v) is 6.41. The van der Waals surface area contributed by atoms with Gasteiger partial charge in [0.25, 0.3) is 0 Å². The van der Waals surface area contributed by atoms with Gasteiger partial charge in [-0.3, -0.25) is 4.79 Å². The van der Waals surface area contributed by atoms with E-state index in [1.165, 1.54) is 11.1 Å². The van der Waals surface area contributed by atoms with Crippen LogP contribution >= 0.6 is 0 Å². The van der Waals surface area contributed by atoms with E-state index >= 15 is 0 Å². The summed E-state index contributed by atoms with van der Waals surface area (Å²) in [6.45, 7) is 2.13. The van der Waals surface area contributed by atoms with E-state index in [0.717, 1.165) is 41.0 Å². The quantitative estimate of drug-likeness (QED) is 0.259. The summed E-state index contributed by atoms with van der Waals surface area (Å²) in [6, 6.07) is 23.8. The first-order chi connectivity index (χ1) is 16.2. The largest absolute Gasteiger partial charge is 0.378 e. The van der Waals surface area contributed by atoms with Gasteiger partial charge in [-0.1, -0.05) is 43.7 Å². The molecule has 0 fully saturated rings.